The molecule has 1 heterocycles. The van der Waals surface area contributed by atoms with E-state index in [-0.39, 0.29) is 11.4 Å². The van der Waals surface area contributed by atoms with Crippen molar-refractivity contribution in [3.8, 4) is 11.5 Å². The molecule has 188 valence electrons. The molecule has 0 radical (unpaired) electrons. The smallest absolute Gasteiger partial charge is 0.318 e. The average molecular weight is 526 g/mol. The fraction of sp³-hybridized carbons (Fsp3) is 0.0370. The highest BCUT2D eigenvalue weighted by Crippen LogP contribution is 2.34. The molecule has 38 heavy (non-hydrogen) atoms. The normalized spacial score (nSPS) is 11.7. The molecule has 4 aromatic carbocycles. The van der Waals surface area contributed by atoms with Crippen molar-refractivity contribution in [1.82, 2.24) is 4.57 Å². The van der Waals surface area contributed by atoms with Gasteiger partial charge in [-0.1, -0.05) is 53.8 Å². The van der Waals surface area contributed by atoms with Crippen molar-refractivity contribution in [3.05, 3.63) is 133 Å². The fourth-order valence-electron chi connectivity index (χ4n) is 3.76. The first-order valence-electron chi connectivity index (χ1n) is 11.4. The lowest BCUT2D eigenvalue weighted by molar-refractivity contribution is -0.394. The van der Waals surface area contributed by atoms with Crippen molar-refractivity contribution < 1.29 is 14.6 Å². The molecule has 5 aromatic rings. The minimum atomic E-state index is -0.719. The molecule has 0 aliphatic carbocycles. The first-order chi connectivity index (χ1) is 18.5. The van der Waals surface area contributed by atoms with E-state index in [0.29, 0.717) is 12.3 Å². The summed E-state index contributed by atoms with van der Waals surface area (Å²) in [4.78, 5) is 21.6. The zero-order valence-electron chi connectivity index (χ0n) is 19.7. The zero-order valence-corrected chi connectivity index (χ0v) is 20.5. The van der Waals surface area contributed by atoms with E-state index >= 15 is 0 Å². The number of aromatic nitrogens is 1. The Morgan fingerprint density at radius 3 is 2.34 bits per heavy atom. The van der Waals surface area contributed by atoms with Crippen LogP contribution in [0.25, 0.3) is 10.2 Å². The van der Waals surface area contributed by atoms with Gasteiger partial charge in [0.05, 0.1) is 38.9 Å². The number of hydrogen-bond acceptors (Lipinski definition) is 8. The monoisotopic (exact) mass is 525 g/mol. The number of thiazole rings is 1. The maximum absolute atomic E-state index is 11.3. The second-order valence-electron chi connectivity index (χ2n) is 8.11. The van der Waals surface area contributed by atoms with Gasteiger partial charge in [-0.05, 0) is 53.6 Å². The van der Waals surface area contributed by atoms with E-state index in [1.165, 1.54) is 6.07 Å². The van der Waals surface area contributed by atoms with Gasteiger partial charge in [-0.15, -0.1) is 5.10 Å². The maximum atomic E-state index is 11.3. The molecule has 5 rings (SSSR count). The molecular formula is C27H19N5O5S. The Morgan fingerprint density at radius 1 is 0.868 bits per heavy atom. The molecule has 0 spiro atoms. The molecule has 0 amide bonds. The third-order valence-electron chi connectivity index (χ3n) is 5.58. The van der Waals surface area contributed by atoms with E-state index in [9.17, 15) is 20.2 Å². The third kappa shape index (κ3) is 5.47. The van der Waals surface area contributed by atoms with Crippen LogP contribution in [0.3, 0.4) is 0 Å². The van der Waals surface area contributed by atoms with Gasteiger partial charge >= 0.3 is 5.69 Å². The Morgan fingerprint density at radius 2 is 1.61 bits per heavy atom. The van der Waals surface area contributed by atoms with Crippen LogP contribution in [0.15, 0.2) is 107 Å². The van der Waals surface area contributed by atoms with Crippen LogP contribution in [0, 0.1) is 20.2 Å². The Balaban J connectivity index is 1.37. The average Bonchev–Trinajstić information content (AvgIpc) is 3.27. The number of ether oxygens (including phenoxy) is 1. The van der Waals surface area contributed by atoms with Gasteiger partial charge in [0.1, 0.15) is 5.75 Å². The quantitative estimate of drug-likeness (QED) is 0.134. The molecule has 0 bridgehead atoms. The lowest BCUT2D eigenvalue weighted by Gasteiger charge is -2.06. The molecule has 0 unspecified atom stereocenters. The van der Waals surface area contributed by atoms with Gasteiger partial charge in [0.2, 0.25) is 10.6 Å². The highest BCUT2D eigenvalue weighted by Gasteiger charge is 2.21. The topological polar surface area (TPSA) is 125 Å². The zero-order chi connectivity index (χ0) is 26.5. The van der Waals surface area contributed by atoms with Gasteiger partial charge in [-0.3, -0.25) is 20.2 Å². The molecule has 11 heteroatoms. The molecule has 0 atom stereocenters. The number of nitrogens with zero attached hydrogens (tertiary/aromatic N) is 5. The van der Waals surface area contributed by atoms with Crippen LogP contribution in [0.1, 0.15) is 11.1 Å². The first kappa shape index (κ1) is 24.5. The second kappa shape index (κ2) is 10.8. The van der Waals surface area contributed by atoms with Crippen LogP contribution in [0.4, 0.5) is 11.4 Å². The molecule has 0 aliphatic heterocycles. The van der Waals surface area contributed by atoms with Gasteiger partial charge < -0.3 is 9.30 Å². The standard InChI is InChI=1S/C27H19N5O5S/c33-31(34)21-12-15-25(24(16-21)32(35)36)37-22-13-10-19(11-14-22)17-28-29-27-30(18-20-6-2-1-3-7-20)23-8-4-5-9-26(23)38-27/h1-17H,18H2/b28-17-,29-27-. The van der Waals surface area contributed by atoms with Gasteiger partial charge in [-0.25, -0.2) is 0 Å². The van der Waals surface area contributed by atoms with E-state index in [4.69, 9.17) is 4.74 Å². The van der Waals surface area contributed by atoms with Crippen LogP contribution in [0.5, 0.6) is 11.5 Å². The van der Waals surface area contributed by atoms with E-state index < -0.39 is 15.5 Å². The third-order valence-corrected chi connectivity index (χ3v) is 6.63. The highest BCUT2D eigenvalue weighted by molar-refractivity contribution is 7.16. The van der Waals surface area contributed by atoms with E-state index in [1.54, 1.807) is 41.8 Å². The molecular weight excluding hydrogens is 506 g/mol. The minimum Gasteiger partial charge on any atom is -0.450 e. The lowest BCUT2D eigenvalue weighted by atomic mass is 10.2. The predicted octanol–water partition coefficient (Wildman–Crippen LogP) is 6.29. The van der Waals surface area contributed by atoms with Gasteiger partial charge in [0.25, 0.3) is 5.69 Å². The fourth-order valence-corrected chi connectivity index (χ4v) is 4.75. The van der Waals surface area contributed by atoms with E-state index in [1.807, 2.05) is 30.3 Å². The summed E-state index contributed by atoms with van der Waals surface area (Å²) >= 11 is 1.55. The van der Waals surface area contributed by atoms with Crippen molar-refractivity contribution in [1.29, 1.82) is 0 Å². The summed E-state index contributed by atoms with van der Waals surface area (Å²) in [6.07, 6.45) is 1.61. The Kier molecular flexibility index (Phi) is 7.00. The molecule has 10 nitrogen and oxygen atoms in total. The number of benzene rings is 4. The SMILES string of the molecule is O=[N+]([O-])c1ccc(Oc2ccc(/C=N\N=c3/sc4ccccc4n3Cc3ccccc3)cc2)c([N+](=O)[O-])c1. The van der Waals surface area contributed by atoms with E-state index in [0.717, 1.165) is 38.3 Å². The maximum Gasteiger partial charge on any atom is 0.318 e. The number of nitro groups is 2. The molecule has 0 aliphatic rings. The molecule has 0 fully saturated rings. The van der Waals surface area contributed by atoms with Gasteiger partial charge in [-0.2, -0.15) is 5.10 Å². The molecule has 1 aromatic heterocycles. The summed E-state index contributed by atoms with van der Waals surface area (Å²) in [7, 11) is 0. The summed E-state index contributed by atoms with van der Waals surface area (Å²) in [5.74, 6) is 0.242. The van der Waals surface area contributed by atoms with Crippen LogP contribution < -0.4 is 9.54 Å². The van der Waals surface area contributed by atoms with E-state index in [2.05, 4.69) is 39.0 Å². The van der Waals surface area contributed by atoms with Gasteiger partial charge in [0.15, 0.2) is 0 Å². The number of hydrogen-bond donors (Lipinski definition) is 0. The Hall–Kier alpha value is -5.16. The summed E-state index contributed by atoms with van der Waals surface area (Å²) in [6.45, 7) is 0.667. The second-order valence-corrected chi connectivity index (χ2v) is 9.12. The number of non-ortho nitro benzene ring substituents is 1. The molecule has 0 N–H and O–H groups in total. The summed E-state index contributed by atoms with van der Waals surface area (Å²) < 4.78 is 8.84. The lowest BCUT2D eigenvalue weighted by Crippen LogP contribution is -2.15. The van der Waals surface area contributed by atoms with Crippen molar-refractivity contribution in [2.24, 2.45) is 10.2 Å². The largest absolute Gasteiger partial charge is 0.450 e. The van der Waals surface area contributed by atoms with Crippen LogP contribution >= 0.6 is 11.3 Å². The summed E-state index contributed by atoms with van der Waals surface area (Å²) in [6, 6.07) is 28.2. The Labute approximate surface area is 219 Å². The number of nitro benzene ring substituents is 2. The van der Waals surface area contributed by atoms with Crippen molar-refractivity contribution >= 4 is 39.1 Å². The molecule has 0 saturated heterocycles. The van der Waals surface area contributed by atoms with Crippen LogP contribution in [0.2, 0.25) is 0 Å². The molecule has 0 saturated carbocycles. The number of rotatable bonds is 8. The van der Waals surface area contributed by atoms with Crippen molar-refractivity contribution in [2.75, 3.05) is 0 Å². The summed E-state index contributed by atoms with van der Waals surface area (Å²) in [5.41, 5.74) is 2.11. The van der Waals surface area contributed by atoms with Crippen molar-refractivity contribution in [2.45, 2.75) is 6.54 Å². The highest BCUT2D eigenvalue weighted by atomic mass is 32.1. The summed E-state index contributed by atoms with van der Waals surface area (Å²) in [5, 5.41) is 31.0. The van der Waals surface area contributed by atoms with Crippen LogP contribution in [-0.4, -0.2) is 20.6 Å². The number of para-hydroxylation sites is 1. The van der Waals surface area contributed by atoms with Crippen LogP contribution in [-0.2, 0) is 6.54 Å². The number of fused-ring (bicyclic) bond motifs is 1. The predicted molar refractivity (Wildman–Crippen MR) is 145 cm³/mol. The van der Waals surface area contributed by atoms with Crippen molar-refractivity contribution in [3.63, 3.8) is 0 Å². The Bertz CT molecular complexity index is 1730. The first-order valence-corrected chi connectivity index (χ1v) is 12.2. The minimum absolute atomic E-state index is 0.0928. The van der Waals surface area contributed by atoms with Gasteiger partial charge in [0, 0.05) is 6.07 Å².